The Labute approximate surface area is 116 Å². The Hall–Kier alpha value is -0.340. The Morgan fingerprint density at radius 1 is 1.29 bits per heavy atom. The van der Waals surface area contributed by atoms with Gasteiger partial charge in [-0.2, -0.15) is 0 Å². The standard InChI is InChI=1S/C11H16INO3S/c1-11(2,3)13-17(14,15)8-5-6-9(12)10(7-8)16-4/h5-7,13H,1-4H3. The van der Waals surface area contributed by atoms with Gasteiger partial charge in [0, 0.05) is 11.6 Å². The number of methoxy groups -OCH3 is 1. The first-order valence-electron chi connectivity index (χ1n) is 5.03. The average molecular weight is 369 g/mol. The minimum absolute atomic E-state index is 0.213. The SMILES string of the molecule is COc1cc(S(=O)(=O)NC(C)(C)C)ccc1I. The zero-order valence-electron chi connectivity index (χ0n) is 10.2. The van der Waals surface area contributed by atoms with Crippen LogP contribution in [0.4, 0.5) is 0 Å². The molecule has 0 bridgehead atoms. The van der Waals surface area contributed by atoms with Crippen LogP contribution in [0.15, 0.2) is 23.1 Å². The van der Waals surface area contributed by atoms with Crippen molar-refractivity contribution >= 4 is 32.6 Å². The van der Waals surface area contributed by atoms with E-state index < -0.39 is 15.6 Å². The quantitative estimate of drug-likeness (QED) is 0.833. The maximum Gasteiger partial charge on any atom is 0.241 e. The molecule has 0 radical (unpaired) electrons. The summed E-state index contributed by atoms with van der Waals surface area (Å²) < 4.78 is 32.7. The van der Waals surface area contributed by atoms with E-state index in [1.165, 1.54) is 13.2 Å². The lowest BCUT2D eigenvalue weighted by atomic mass is 10.1. The molecule has 0 aliphatic carbocycles. The van der Waals surface area contributed by atoms with Crippen molar-refractivity contribution in [1.29, 1.82) is 0 Å². The number of rotatable bonds is 3. The highest BCUT2D eigenvalue weighted by Gasteiger charge is 2.22. The van der Waals surface area contributed by atoms with Crippen LogP contribution in [-0.4, -0.2) is 21.1 Å². The van der Waals surface area contributed by atoms with Gasteiger partial charge in [0.1, 0.15) is 5.75 Å². The van der Waals surface area contributed by atoms with E-state index in [1.807, 2.05) is 0 Å². The molecule has 1 aromatic rings. The van der Waals surface area contributed by atoms with Crippen LogP contribution in [0.2, 0.25) is 0 Å². The van der Waals surface area contributed by atoms with Crippen LogP contribution in [0, 0.1) is 3.57 Å². The van der Waals surface area contributed by atoms with Crippen LogP contribution in [0.1, 0.15) is 20.8 Å². The molecule has 0 aliphatic heterocycles. The van der Waals surface area contributed by atoms with Gasteiger partial charge in [0.15, 0.2) is 0 Å². The highest BCUT2D eigenvalue weighted by atomic mass is 127. The summed E-state index contributed by atoms with van der Waals surface area (Å²) in [7, 11) is -1.98. The summed E-state index contributed by atoms with van der Waals surface area (Å²) >= 11 is 2.09. The van der Waals surface area contributed by atoms with Crippen LogP contribution >= 0.6 is 22.6 Å². The van der Waals surface area contributed by atoms with E-state index in [-0.39, 0.29) is 4.90 Å². The molecule has 0 atom stereocenters. The van der Waals surface area contributed by atoms with Gasteiger partial charge in [-0.1, -0.05) is 0 Å². The smallest absolute Gasteiger partial charge is 0.241 e. The van der Waals surface area contributed by atoms with Gasteiger partial charge in [-0.05, 0) is 55.5 Å². The number of nitrogens with one attached hydrogen (secondary N) is 1. The van der Waals surface area contributed by atoms with E-state index in [0.717, 1.165) is 3.57 Å². The summed E-state index contributed by atoms with van der Waals surface area (Å²) in [5.74, 6) is 0.558. The van der Waals surface area contributed by atoms with E-state index in [1.54, 1.807) is 32.9 Å². The lowest BCUT2D eigenvalue weighted by Crippen LogP contribution is -2.40. The Balaban J connectivity index is 3.16. The first-order valence-corrected chi connectivity index (χ1v) is 7.59. The second-order valence-electron chi connectivity index (χ2n) is 4.65. The molecule has 1 N–H and O–H groups in total. The Bertz CT molecular complexity index is 506. The van der Waals surface area contributed by atoms with Crippen molar-refractivity contribution in [1.82, 2.24) is 4.72 Å². The molecule has 1 rings (SSSR count). The fourth-order valence-corrected chi connectivity index (χ4v) is 3.26. The molecule has 0 spiro atoms. The number of hydrogen-bond acceptors (Lipinski definition) is 3. The largest absolute Gasteiger partial charge is 0.496 e. The summed E-state index contributed by atoms with van der Waals surface area (Å²) in [6, 6.07) is 4.81. The highest BCUT2D eigenvalue weighted by molar-refractivity contribution is 14.1. The molecule has 0 aliphatic rings. The van der Waals surface area contributed by atoms with Crippen molar-refractivity contribution in [3.05, 3.63) is 21.8 Å². The molecule has 0 unspecified atom stereocenters. The molecule has 0 saturated heterocycles. The maximum absolute atomic E-state index is 12.1. The van der Waals surface area contributed by atoms with Crippen molar-refractivity contribution < 1.29 is 13.2 Å². The summed E-state index contributed by atoms with van der Waals surface area (Å²) in [5, 5.41) is 0. The van der Waals surface area contributed by atoms with Crippen LogP contribution < -0.4 is 9.46 Å². The average Bonchev–Trinajstić information content (AvgIpc) is 2.14. The predicted octanol–water partition coefficient (Wildman–Crippen LogP) is 2.38. The second-order valence-corrected chi connectivity index (χ2v) is 7.50. The van der Waals surface area contributed by atoms with E-state index in [9.17, 15) is 8.42 Å². The monoisotopic (exact) mass is 369 g/mol. The van der Waals surface area contributed by atoms with Crippen LogP contribution in [-0.2, 0) is 10.0 Å². The number of ether oxygens (including phenoxy) is 1. The number of sulfonamides is 1. The molecular formula is C11H16INO3S. The molecule has 0 amide bonds. The van der Waals surface area contributed by atoms with Crippen molar-refractivity contribution in [2.24, 2.45) is 0 Å². The van der Waals surface area contributed by atoms with E-state index >= 15 is 0 Å². The predicted molar refractivity (Wildman–Crippen MR) is 75.8 cm³/mol. The summed E-state index contributed by atoms with van der Waals surface area (Å²) in [4.78, 5) is 0.213. The molecule has 0 heterocycles. The fourth-order valence-electron chi connectivity index (χ4n) is 1.27. The molecule has 0 aromatic heterocycles. The first-order chi connectivity index (χ1) is 7.65. The molecule has 17 heavy (non-hydrogen) atoms. The van der Waals surface area contributed by atoms with Crippen molar-refractivity contribution in [3.63, 3.8) is 0 Å². The minimum atomic E-state index is -3.50. The van der Waals surface area contributed by atoms with Gasteiger partial charge in [0.05, 0.1) is 15.6 Å². The first kappa shape index (κ1) is 14.7. The fraction of sp³-hybridized carbons (Fsp3) is 0.455. The van der Waals surface area contributed by atoms with Gasteiger partial charge in [-0.25, -0.2) is 13.1 Å². The molecule has 96 valence electrons. The van der Waals surface area contributed by atoms with Crippen molar-refractivity contribution in [3.8, 4) is 5.75 Å². The number of halogens is 1. The topological polar surface area (TPSA) is 55.4 Å². The third kappa shape index (κ3) is 4.11. The Morgan fingerprint density at radius 3 is 2.35 bits per heavy atom. The Kier molecular flexibility index (Phi) is 4.43. The van der Waals surface area contributed by atoms with E-state index in [2.05, 4.69) is 27.3 Å². The van der Waals surface area contributed by atoms with Gasteiger partial charge in [-0.3, -0.25) is 0 Å². The molecule has 1 aromatic carbocycles. The second kappa shape index (κ2) is 5.11. The normalized spacial score (nSPS) is 12.5. The van der Waals surface area contributed by atoms with Gasteiger partial charge >= 0.3 is 0 Å². The van der Waals surface area contributed by atoms with Crippen LogP contribution in [0.3, 0.4) is 0 Å². The summed E-state index contributed by atoms with van der Waals surface area (Å²) in [6.45, 7) is 5.40. The van der Waals surface area contributed by atoms with Gasteiger partial charge in [0.2, 0.25) is 10.0 Å². The Morgan fingerprint density at radius 2 is 1.88 bits per heavy atom. The molecule has 0 fully saturated rings. The minimum Gasteiger partial charge on any atom is -0.496 e. The van der Waals surface area contributed by atoms with E-state index in [0.29, 0.717) is 5.75 Å². The molecule has 6 heteroatoms. The van der Waals surface area contributed by atoms with Gasteiger partial charge < -0.3 is 4.74 Å². The number of benzene rings is 1. The zero-order valence-corrected chi connectivity index (χ0v) is 13.2. The highest BCUT2D eigenvalue weighted by Crippen LogP contribution is 2.24. The summed E-state index contributed by atoms with van der Waals surface area (Å²) in [6.07, 6.45) is 0. The van der Waals surface area contributed by atoms with Crippen molar-refractivity contribution in [2.75, 3.05) is 7.11 Å². The lowest BCUT2D eigenvalue weighted by Gasteiger charge is -2.20. The molecule has 4 nitrogen and oxygen atoms in total. The lowest BCUT2D eigenvalue weighted by molar-refractivity contribution is 0.410. The molecular weight excluding hydrogens is 353 g/mol. The summed E-state index contributed by atoms with van der Waals surface area (Å²) in [5.41, 5.74) is -0.505. The van der Waals surface area contributed by atoms with Crippen molar-refractivity contribution in [2.45, 2.75) is 31.2 Å². The van der Waals surface area contributed by atoms with Gasteiger partial charge in [-0.15, -0.1) is 0 Å². The van der Waals surface area contributed by atoms with Crippen LogP contribution in [0.25, 0.3) is 0 Å². The number of hydrogen-bond donors (Lipinski definition) is 1. The third-order valence-corrected chi connectivity index (χ3v) is 4.52. The van der Waals surface area contributed by atoms with Gasteiger partial charge in [0.25, 0.3) is 0 Å². The third-order valence-electron chi connectivity index (χ3n) is 1.87. The zero-order chi connectivity index (χ0) is 13.3. The maximum atomic E-state index is 12.1. The van der Waals surface area contributed by atoms with E-state index in [4.69, 9.17) is 4.74 Å². The van der Waals surface area contributed by atoms with Crippen LogP contribution in [0.5, 0.6) is 5.75 Å². The molecule has 0 saturated carbocycles.